The van der Waals surface area contributed by atoms with Crippen molar-refractivity contribution in [3.05, 3.63) is 0 Å². The molecule has 0 fully saturated rings. The molecule has 9 heavy (non-hydrogen) atoms. The van der Waals surface area contributed by atoms with Crippen molar-refractivity contribution in [2.75, 3.05) is 19.8 Å². The van der Waals surface area contributed by atoms with Crippen molar-refractivity contribution in [1.82, 2.24) is 10.0 Å². The molecule has 0 spiro atoms. The lowest BCUT2D eigenvalue weighted by molar-refractivity contribution is 0.226. The summed E-state index contributed by atoms with van der Waals surface area (Å²) >= 11 is 0. The first-order chi connectivity index (χ1) is 4.36. The number of rotatable bonds is 2. The van der Waals surface area contributed by atoms with Crippen LogP contribution in [-0.4, -0.2) is 29.8 Å². The fourth-order valence-electron chi connectivity index (χ4n) is 0.685. The van der Waals surface area contributed by atoms with Crippen molar-refractivity contribution < 1.29 is 0 Å². The lowest BCUT2D eigenvalue weighted by atomic mass is 10.7. The summed E-state index contributed by atoms with van der Waals surface area (Å²) in [5.74, 6) is 0. The quantitative estimate of drug-likeness (QED) is 0.553. The second kappa shape index (κ2) is 2.66. The molecule has 0 bridgehead atoms. The lowest BCUT2D eigenvalue weighted by Gasteiger charge is -2.11. The van der Waals surface area contributed by atoms with Crippen LogP contribution in [0.2, 0.25) is 0 Å². The second-order valence-corrected chi connectivity index (χ2v) is 1.97. The third kappa shape index (κ3) is 1.31. The highest BCUT2D eigenvalue weighted by Gasteiger charge is 2.09. The van der Waals surface area contributed by atoms with Crippen LogP contribution in [0, 0.1) is 0 Å². The highest BCUT2D eigenvalue weighted by Crippen LogP contribution is 2.04. The van der Waals surface area contributed by atoms with Gasteiger partial charge in [0.2, 0.25) is 0 Å². The molecule has 0 saturated heterocycles. The van der Waals surface area contributed by atoms with Crippen LogP contribution in [-0.2, 0) is 0 Å². The minimum Gasteiger partial charge on any atom is -0.256 e. The van der Waals surface area contributed by atoms with E-state index in [0.29, 0.717) is 0 Å². The number of nitrogens with zero attached hydrogens (tertiary/aromatic N) is 4. The van der Waals surface area contributed by atoms with Crippen LogP contribution >= 0.6 is 0 Å². The summed E-state index contributed by atoms with van der Waals surface area (Å²) in [6.07, 6.45) is 0. The molecule has 0 aliphatic carbocycles. The number of hydrogen-bond donors (Lipinski definition) is 0. The van der Waals surface area contributed by atoms with E-state index in [0.717, 1.165) is 19.8 Å². The van der Waals surface area contributed by atoms with Crippen molar-refractivity contribution in [2.45, 2.75) is 13.8 Å². The summed E-state index contributed by atoms with van der Waals surface area (Å²) in [6, 6.07) is 0. The molecule has 0 aromatic carbocycles. The van der Waals surface area contributed by atoms with E-state index in [-0.39, 0.29) is 0 Å². The standard InChI is InChI=1S/C5H12N4/c1-3-8-5-9(4-2)7-6-8/h3-5H2,1-2H3. The normalized spacial score (nSPS) is 17.6. The van der Waals surface area contributed by atoms with Crippen molar-refractivity contribution in [3.8, 4) is 0 Å². The molecule has 1 heterocycles. The Morgan fingerprint density at radius 1 is 1.11 bits per heavy atom. The van der Waals surface area contributed by atoms with E-state index in [1.165, 1.54) is 0 Å². The Morgan fingerprint density at radius 3 is 1.78 bits per heavy atom. The molecule has 1 aliphatic rings. The molecular formula is C5H12N4. The van der Waals surface area contributed by atoms with E-state index in [2.05, 4.69) is 24.3 Å². The fraction of sp³-hybridized carbons (Fsp3) is 1.00. The van der Waals surface area contributed by atoms with Crippen molar-refractivity contribution in [3.63, 3.8) is 0 Å². The fourth-order valence-corrected chi connectivity index (χ4v) is 0.685. The second-order valence-electron chi connectivity index (χ2n) is 1.97. The first kappa shape index (κ1) is 6.32. The van der Waals surface area contributed by atoms with Crippen molar-refractivity contribution >= 4 is 0 Å². The van der Waals surface area contributed by atoms with E-state index < -0.39 is 0 Å². The summed E-state index contributed by atoms with van der Waals surface area (Å²) in [5, 5.41) is 11.6. The molecule has 52 valence electrons. The topological polar surface area (TPSA) is 31.2 Å². The van der Waals surface area contributed by atoms with Crippen LogP contribution in [0.4, 0.5) is 0 Å². The molecule has 0 aromatic heterocycles. The monoisotopic (exact) mass is 128 g/mol. The van der Waals surface area contributed by atoms with Crippen molar-refractivity contribution in [1.29, 1.82) is 0 Å². The number of hydrogen-bond acceptors (Lipinski definition) is 4. The van der Waals surface area contributed by atoms with Gasteiger partial charge in [-0.3, -0.25) is 10.0 Å². The molecule has 0 unspecified atom stereocenters. The van der Waals surface area contributed by atoms with Crippen LogP contribution in [0.1, 0.15) is 13.8 Å². The molecule has 0 amide bonds. The predicted molar refractivity (Wildman–Crippen MR) is 34.5 cm³/mol. The minimum atomic E-state index is 0.854. The molecule has 4 nitrogen and oxygen atoms in total. The van der Waals surface area contributed by atoms with Gasteiger partial charge in [0.25, 0.3) is 0 Å². The zero-order valence-electron chi connectivity index (χ0n) is 5.91. The summed E-state index contributed by atoms with van der Waals surface area (Å²) in [5.41, 5.74) is 0. The van der Waals surface area contributed by atoms with Crippen LogP contribution in [0.15, 0.2) is 10.4 Å². The summed E-state index contributed by atoms with van der Waals surface area (Å²) in [7, 11) is 0. The third-order valence-electron chi connectivity index (χ3n) is 1.35. The van der Waals surface area contributed by atoms with Gasteiger partial charge in [-0.2, -0.15) is 0 Å². The Labute approximate surface area is 55.1 Å². The molecular weight excluding hydrogens is 116 g/mol. The van der Waals surface area contributed by atoms with Crippen LogP contribution < -0.4 is 0 Å². The molecule has 0 radical (unpaired) electrons. The Bertz CT molecular complexity index is 99.5. The predicted octanol–water partition coefficient (Wildman–Crippen LogP) is 0.884. The van der Waals surface area contributed by atoms with E-state index in [4.69, 9.17) is 0 Å². The van der Waals surface area contributed by atoms with E-state index >= 15 is 0 Å². The molecule has 1 rings (SSSR count). The molecule has 0 atom stereocenters. The van der Waals surface area contributed by atoms with Gasteiger partial charge in [0.1, 0.15) is 6.67 Å². The maximum absolute atomic E-state index is 3.89. The van der Waals surface area contributed by atoms with Gasteiger partial charge >= 0.3 is 0 Å². The highest BCUT2D eigenvalue weighted by atomic mass is 15.8. The van der Waals surface area contributed by atoms with E-state index in [9.17, 15) is 0 Å². The zero-order chi connectivity index (χ0) is 6.69. The summed E-state index contributed by atoms with van der Waals surface area (Å²) in [6.45, 7) is 6.88. The van der Waals surface area contributed by atoms with E-state index in [1.54, 1.807) is 0 Å². The van der Waals surface area contributed by atoms with Gasteiger partial charge in [0.05, 0.1) is 0 Å². The average molecular weight is 128 g/mol. The molecule has 0 saturated carbocycles. The minimum absolute atomic E-state index is 0.854. The van der Waals surface area contributed by atoms with Crippen LogP contribution in [0.3, 0.4) is 0 Å². The van der Waals surface area contributed by atoms with Gasteiger partial charge in [0, 0.05) is 13.1 Å². The van der Waals surface area contributed by atoms with Gasteiger partial charge in [-0.15, -0.1) is 0 Å². The van der Waals surface area contributed by atoms with Crippen LogP contribution in [0.5, 0.6) is 0 Å². The Hall–Kier alpha value is -0.800. The van der Waals surface area contributed by atoms with Gasteiger partial charge in [-0.05, 0) is 13.8 Å². The first-order valence-electron chi connectivity index (χ1n) is 3.28. The maximum Gasteiger partial charge on any atom is 0.126 e. The van der Waals surface area contributed by atoms with Gasteiger partial charge in [-0.1, -0.05) is 10.4 Å². The Morgan fingerprint density at radius 2 is 1.56 bits per heavy atom. The Kier molecular flexibility index (Phi) is 1.87. The molecule has 4 heteroatoms. The highest BCUT2D eigenvalue weighted by molar-refractivity contribution is 4.51. The molecule has 0 N–H and O–H groups in total. The van der Waals surface area contributed by atoms with Crippen molar-refractivity contribution in [2.24, 2.45) is 10.4 Å². The average Bonchev–Trinajstić information content (AvgIpc) is 2.34. The van der Waals surface area contributed by atoms with Crippen LogP contribution in [0.25, 0.3) is 0 Å². The summed E-state index contributed by atoms with van der Waals surface area (Å²) < 4.78 is 0. The maximum atomic E-state index is 3.89. The first-order valence-corrected chi connectivity index (χ1v) is 3.28. The zero-order valence-corrected chi connectivity index (χ0v) is 5.91. The smallest absolute Gasteiger partial charge is 0.126 e. The lowest BCUT2D eigenvalue weighted by Crippen LogP contribution is -2.24. The Balaban J connectivity index is 2.31. The molecule has 0 aromatic rings. The summed E-state index contributed by atoms with van der Waals surface area (Å²) in [4.78, 5) is 0. The third-order valence-corrected chi connectivity index (χ3v) is 1.35. The van der Waals surface area contributed by atoms with Gasteiger partial charge < -0.3 is 0 Å². The van der Waals surface area contributed by atoms with E-state index in [1.807, 2.05) is 10.0 Å². The SMILES string of the molecule is CCN1CN(CC)N=N1. The molecule has 1 aliphatic heterocycles. The van der Waals surface area contributed by atoms with Gasteiger partial charge in [-0.25, -0.2) is 0 Å². The van der Waals surface area contributed by atoms with Gasteiger partial charge in [0.15, 0.2) is 0 Å². The largest absolute Gasteiger partial charge is 0.256 e.